The van der Waals surface area contributed by atoms with Crippen molar-refractivity contribution in [1.82, 2.24) is 14.7 Å². The normalized spacial score (nSPS) is 14.3. The fourth-order valence-corrected chi connectivity index (χ4v) is 2.89. The number of aromatic nitrogens is 2. The summed E-state index contributed by atoms with van der Waals surface area (Å²) in [6.45, 7) is 3.17. The molecule has 0 spiro atoms. The number of hydrogen-bond acceptors (Lipinski definition) is 5. The van der Waals surface area contributed by atoms with E-state index in [1.807, 2.05) is 31.3 Å². The van der Waals surface area contributed by atoms with Crippen molar-refractivity contribution in [3.63, 3.8) is 0 Å². The van der Waals surface area contributed by atoms with Crippen molar-refractivity contribution >= 4 is 29.3 Å². The van der Waals surface area contributed by atoms with Gasteiger partial charge in [-0.05, 0) is 30.3 Å². The lowest BCUT2D eigenvalue weighted by Gasteiger charge is -2.28. The number of amides is 2. The van der Waals surface area contributed by atoms with E-state index in [0.29, 0.717) is 5.69 Å². The molecule has 1 aliphatic heterocycles. The third kappa shape index (κ3) is 5.43. The first-order valence-corrected chi connectivity index (χ1v) is 9.16. The fraction of sp³-hybridized carbons (Fsp3) is 0.350. The summed E-state index contributed by atoms with van der Waals surface area (Å²) in [5.41, 5.74) is 2.64. The molecular formula is C20H25N5O3. The summed E-state index contributed by atoms with van der Waals surface area (Å²) in [5.74, 6) is -0.494. The number of aryl methyl sites for hydroxylation is 1. The molecule has 0 bridgehead atoms. The summed E-state index contributed by atoms with van der Waals surface area (Å²) < 4.78 is 7.02. The fourth-order valence-electron chi connectivity index (χ4n) is 2.89. The molecule has 8 heteroatoms. The van der Waals surface area contributed by atoms with Crippen LogP contribution in [-0.2, 0) is 21.4 Å². The number of nitrogens with zero attached hydrogens (tertiary/aromatic N) is 4. The Balaban J connectivity index is 1.48. The highest BCUT2D eigenvalue weighted by molar-refractivity contribution is 5.97. The topological polar surface area (TPSA) is 79.7 Å². The lowest BCUT2D eigenvalue weighted by atomic mass is 10.2. The van der Waals surface area contributed by atoms with E-state index in [-0.39, 0.29) is 18.4 Å². The highest BCUT2D eigenvalue weighted by atomic mass is 16.5. The Bertz CT molecular complexity index is 838. The predicted molar refractivity (Wildman–Crippen MR) is 108 cm³/mol. The van der Waals surface area contributed by atoms with E-state index in [1.165, 1.54) is 11.0 Å². The zero-order valence-electron chi connectivity index (χ0n) is 16.2. The first-order valence-electron chi connectivity index (χ1n) is 9.16. The third-order valence-electron chi connectivity index (χ3n) is 4.43. The molecule has 0 atom stereocenters. The lowest BCUT2D eigenvalue weighted by molar-refractivity contribution is -0.129. The van der Waals surface area contributed by atoms with E-state index < -0.39 is 0 Å². The van der Waals surface area contributed by atoms with Crippen LogP contribution in [0.2, 0.25) is 0 Å². The largest absolute Gasteiger partial charge is 0.378 e. The molecule has 1 aromatic carbocycles. The van der Waals surface area contributed by atoms with Crippen molar-refractivity contribution in [3.8, 4) is 0 Å². The molecule has 1 fully saturated rings. The molecule has 2 heterocycles. The van der Waals surface area contributed by atoms with Crippen LogP contribution in [0.5, 0.6) is 0 Å². The molecule has 2 amide bonds. The summed E-state index contributed by atoms with van der Waals surface area (Å²) in [4.78, 5) is 28.0. The van der Waals surface area contributed by atoms with Crippen molar-refractivity contribution in [2.24, 2.45) is 7.05 Å². The molecule has 2 aromatic rings. The number of likely N-dealkylation sites (N-methyl/N-ethyl adjacent to an activating group) is 1. The summed E-state index contributed by atoms with van der Waals surface area (Å²) in [7, 11) is 3.40. The standard InChI is InChI=1S/C20H25N5O3/c1-23(20(27)8-3-16-13-21-24(2)14-16)15-19(26)22-17-4-6-18(7-5-17)25-9-11-28-12-10-25/h3-8,13-14H,9-12,15H2,1-2H3,(H,22,26)/b8-3+. The van der Waals surface area contributed by atoms with E-state index in [2.05, 4.69) is 15.3 Å². The molecule has 1 aliphatic rings. The Labute approximate surface area is 164 Å². The van der Waals surface area contributed by atoms with Gasteiger partial charge in [-0.2, -0.15) is 5.10 Å². The van der Waals surface area contributed by atoms with Crippen molar-refractivity contribution in [3.05, 3.63) is 48.3 Å². The Morgan fingerprint density at radius 2 is 1.96 bits per heavy atom. The van der Waals surface area contributed by atoms with Gasteiger partial charge in [0, 0.05) is 56.4 Å². The average molecular weight is 383 g/mol. The van der Waals surface area contributed by atoms with Gasteiger partial charge in [0.2, 0.25) is 11.8 Å². The minimum absolute atomic E-state index is 0.0264. The Morgan fingerprint density at radius 1 is 1.25 bits per heavy atom. The van der Waals surface area contributed by atoms with Crippen LogP contribution in [0.1, 0.15) is 5.56 Å². The van der Waals surface area contributed by atoms with Crippen molar-refractivity contribution < 1.29 is 14.3 Å². The molecule has 3 rings (SSSR count). The van der Waals surface area contributed by atoms with E-state index in [0.717, 1.165) is 37.6 Å². The lowest BCUT2D eigenvalue weighted by Crippen LogP contribution is -2.36. The average Bonchev–Trinajstić information content (AvgIpc) is 3.12. The van der Waals surface area contributed by atoms with Gasteiger partial charge in [-0.25, -0.2) is 0 Å². The summed E-state index contributed by atoms with van der Waals surface area (Å²) >= 11 is 0. The van der Waals surface area contributed by atoms with Gasteiger partial charge < -0.3 is 19.9 Å². The first kappa shape index (κ1) is 19.6. The minimum atomic E-state index is -0.248. The van der Waals surface area contributed by atoms with E-state index in [1.54, 1.807) is 30.2 Å². The van der Waals surface area contributed by atoms with E-state index in [4.69, 9.17) is 4.74 Å². The molecule has 8 nitrogen and oxygen atoms in total. The second-order valence-corrected chi connectivity index (χ2v) is 6.67. The number of carbonyl (C=O) groups is 2. The maximum atomic E-state index is 12.2. The summed E-state index contributed by atoms with van der Waals surface area (Å²) in [6.07, 6.45) is 6.57. The van der Waals surface area contributed by atoms with Gasteiger partial charge >= 0.3 is 0 Å². The Morgan fingerprint density at radius 3 is 2.61 bits per heavy atom. The van der Waals surface area contributed by atoms with Gasteiger partial charge in [0.25, 0.3) is 0 Å². The predicted octanol–water partition coefficient (Wildman–Crippen LogP) is 1.37. The number of morpholine rings is 1. The number of nitrogens with one attached hydrogen (secondary N) is 1. The van der Waals surface area contributed by atoms with Crippen molar-refractivity contribution in [2.75, 3.05) is 50.1 Å². The van der Waals surface area contributed by atoms with Crippen LogP contribution in [0.25, 0.3) is 6.08 Å². The smallest absolute Gasteiger partial charge is 0.246 e. The number of anilines is 2. The number of rotatable bonds is 6. The van der Waals surface area contributed by atoms with Gasteiger partial charge in [0.15, 0.2) is 0 Å². The number of hydrogen-bond donors (Lipinski definition) is 1. The van der Waals surface area contributed by atoms with Crippen LogP contribution in [0.4, 0.5) is 11.4 Å². The maximum absolute atomic E-state index is 12.2. The SMILES string of the molecule is CN(CC(=O)Nc1ccc(N2CCOCC2)cc1)C(=O)/C=C/c1cnn(C)c1. The van der Waals surface area contributed by atoms with Crippen molar-refractivity contribution in [2.45, 2.75) is 0 Å². The Kier molecular flexibility index (Phi) is 6.44. The maximum Gasteiger partial charge on any atom is 0.246 e. The number of carbonyl (C=O) groups excluding carboxylic acids is 2. The number of benzene rings is 1. The van der Waals surface area contributed by atoms with Gasteiger partial charge in [0.1, 0.15) is 0 Å². The summed E-state index contributed by atoms with van der Waals surface area (Å²) in [5, 5.41) is 6.86. The second kappa shape index (κ2) is 9.18. The zero-order chi connectivity index (χ0) is 19.9. The molecular weight excluding hydrogens is 358 g/mol. The molecule has 0 saturated carbocycles. The molecule has 0 aliphatic carbocycles. The van der Waals surface area contributed by atoms with Crippen LogP contribution >= 0.6 is 0 Å². The Hall–Kier alpha value is -3.13. The first-order chi connectivity index (χ1) is 13.5. The third-order valence-corrected chi connectivity index (χ3v) is 4.43. The van der Waals surface area contributed by atoms with Gasteiger partial charge in [-0.1, -0.05) is 0 Å². The van der Waals surface area contributed by atoms with Crippen LogP contribution in [-0.4, -0.2) is 66.4 Å². The summed E-state index contributed by atoms with van der Waals surface area (Å²) in [6, 6.07) is 7.69. The highest BCUT2D eigenvalue weighted by Gasteiger charge is 2.13. The van der Waals surface area contributed by atoms with E-state index in [9.17, 15) is 9.59 Å². The van der Waals surface area contributed by atoms with E-state index >= 15 is 0 Å². The minimum Gasteiger partial charge on any atom is -0.378 e. The molecule has 148 valence electrons. The molecule has 0 unspecified atom stereocenters. The molecule has 0 radical (unpaired) electrons. The molecule has 28 heavy (non-hydrogen) atoms. The van der Waals surface area contributed by atoms with Crippen LogP contribution in [0.15, 0.2) is 42.7 Å². The van der Waals surface area contributed by atoms with Crippen molar-refractivity contribution in [1.29, 1.82) is 0 Å². The van der Waals surface area contributed by atoms with Gasteiger partial charge in [0.05, 0.1) is 26.0 Å². The van der Waals surface area contributed by atoms with Gasteiger partial charge in [-0.3, -0.25) is 14.3 Å². The van der Waals surface area contributed by atoms with Crippen LogP contribution in [0, 0.1) is 0 Å². The van der Waals surface area contributed by atoms with Crippen LogP contribution < -0.4 is 10.2 Å². The van der Waals surface area contributed by atoms with Crippen LogP contribution in [0.3, 0.4) is 0 Å². The monoisotopic (exact) mass is 383 g/mol. The number of ether oxygens (including phenoxy) is 1. The molecule has 1 saturated heterocycles. The highest BCUT2D eigenvalue weighted by Crippen LogP contribution is 2.19. The quantitative estimate of drug-likeness (QED) is 0.762. The molecule has 1 aromatic heterocycles. The second-order valence-electron chi connectivity index (χ2n) is 6.67. The van der Waals surface area contributed by atoms with Gasteiger partial charge in [-0.15, -0.1) is 0 Å². The zero-order valence-corrected chi connectivity index (χ0v) is 16.2. The molecule has 1 N–H and O–H groups in total.